The van der Waals surface area contributed by atoms with Crippen molar-refractivity contribution < 1.29 is 24.2 Å². The van der Waals surface area contributed by atoms with Crippen LogP contribution in [0.5, 0.6) is 5.75 Å². The van der Waals surface area contributed by atoms with E-state index in [4.69, 9.17) is 14.5 Å². The zero-order valence-electron chi connectivity index (χ0n) is 17.0. The third-order valence-corrected chi connectivity index (χ3v) is 6.88. The van der Waals surface area contributed by atoms with Gasteiger partial charge >= 0.3 is 5.97 Å². The number of hydrogen-bond acceptors (Lipinski definition) is 7. The highest BCUT2D eigenvalue weighted by Gasteiger charge is 2.44. The van der Waals surface area contributed by atoms with Gasteiger partial charge in [0, 0.05) is 0 Å². The predicted molar refractivity (Wildman–Crippen MR) is 118 cm³/mol. The van der Waals surface area contributed by atoms with Gasteiger partial charge in [0.25, 0.3) is 5.91 Å². The van der Waals surface area contributed by atoms with Crippen molar-refractivity contribution in [3.05, 3.63) is 47.0 Å². The van der Waals surface area contributed by atoms with Gasteiger partial charge in [-0.25, -0.2) is 9.78 Å². The van der Waals surface area contributed by atoms with E-state index in [1.165, 1.54) is 24.5 Å². The second kappa shape index (κ2) is 7.51. The van der Waals surface area contributed by atoms with Crippen molar-refractivity contribution in [2.45, 2.75) is 25.4 Å². The number of benzene rings is 2. The molecule has 0 aliphatic carbocycles. The maximum Gasteiger partial charge on any atom is 0.337 e. The zero-order valence-corrected chi connectivity index (χ0v) is 17.9. The summed E-state index contributed by atoms with van der Waals surface area (Å²) in [7, 11) is 1.51. The lowest BCUT2D eigenvalue weighted by Crippen LogP contribution is -2.64. The molecule has 2 fully saturated rings. The SMILES string of the molecule is COc1ccc2nc(N3C4COCC3C4)sc2c1C(=O)Nc1ccc(C)cc1C(=O)O. The van der Waals surface area contributed by atoms with Crippen molar-refractivity contribution in [3.63, 3.8) is 0 Å². The van der Waals surface area contributed by atoms with Crippen LogP contribution in [0, 0.1) is 6.92 Å². The number of rotatable bonds is 5. The number of carbonyl (C=O) groups is 2. The fraction of sp³-hybridized carbons (Fsp3) is 0.318. The Balaban J connectivity index is 1.54. The van der Waals surface area contributed by atoms with E-state index in [0.29, 0.717) is 46.8 Å². The molecule has 2 aliphatic heterocycles. The number of carbonyl (C=O) groups excluding carboxylic acids is 1. The summed E-state index contributed by atoms with van der Waals surface area (Å²) >= 11 is 1.45. The number of nitrogens with one attached hydrogen (secondary N) is 1. The van der Waals surface area contributed by atoms with E-state index in [0.717, 1.165) is 17.1 Å². The molecule has 1 amide bonds. The van der Waals surface area contributed by atoms with Gasteiger partial charge in [-0.15, -0.1) is 0 Å². The lowest BCUT2D eigenvalue weighted by atomic mass is 9.92. The van der Waals surface area contributed by atoms with Gasteiger partial charge in [0.05, 0.1) is 53.9 Å². The summed E-state index contributed by atoms with van der Waals surface area (Å²) in [6.07, 6.45) is 1.10. The quantitative estimate of drug-likeness (QED) is 0.627. The molecule has 2 unspecified atom stereocenters. The van der Waals surface area contributed by atoms with E-state index >= 15 is 0 Å². The van der Waals surface area contributed by atoms with Gasteiger partial charge < -0.3 is 24.8 Å². The highest BCUT2D eigenvalue weighted by Crippen LogP contribution is 2.42. The first-order valence-electron chi connectivity index (χ1n) is 9.95. The van der Waals surface area contributed by atoms with Crippen LogP contribution < -0.4 is 15.0 Å². The van der Waals surface area contributed by atoms with E-state index in [1.807, 2.05) is 6.07 Å². The van der Waals surface area contributed by atoms with Gasteiger partial charge in [-0.3, -0.25) is 4.79 Å². The first-order chi connectivity index (χ1) is 15.0. The number of carboxylic acids is 1. The van der Waals surface area contributed by atoms with Gasteiger partial charge in [-0.2, -0.15) is 0 Å². The number of aromatic nitrogens is 1. The minimum absolute atomic E-state index is 0.0397. The smallest absolute Gasteiger partial charge is 0.337 e. The standard InChI is InChI=1S/C22H21N3O5S/c1-11-3-4-15(14(7-11)21(27)28)23-20(26)18-17(29-2)6-5-16-19(18)31-22(24-16)25-12-8-13(25)10-30-9-12/h3-7,12-13H,8-10H2,1-2H3,(H,23,26)(H,27,28). The monoisotopic (exact) mass is 439 g/mol. The summed E-state index contributed by atoms with van der Waals surface area (Å²) < 4.78 is 11.7. The van der Waals surface area contributed by atoms with Crippen molar-refractivity contribution in [1.29, 1.82) is 0 Å². The summed E-state index contributed by atoms with van der Waals surface area (Å²) in [4.78, 5) is 32.0. The average Bonchev–Trinajstić information content (AvgIpc) is 3.17. The Labute approximate surface area is 182 Å². The molecule has 8 nitrogen and oxygen atoms in total. The average molecular weight is 439 g/mol. The number of nitrogens with zero attached hydrogens (tertiary/aromatic N) is 2. The topological polar surface area (TPSA) is 101 Å². The van der Waals surface area contributed by atoms with Crippen LogP contribution in [-0.2, 0) is 4.74 Å². The Bertz CT molecular complexity index is 1190. The number of amides is 1. The fourth-order valence-electron chi connectivity index (χ4n) is 4.24. The first-order valence-corrected chi connectivity index (χ1v) is 10.8. The molecule has 2 aliphatic rings. The molecule has 0 spiro atoms. The number of methoxy groups -OCH3 is 1. The van der Waals surface area contributed by atoms with E-state index in [-0.39, 0.29) is 11.3 Å². The van der Waals surface area contributed by atoms with Crippen LogP contribution in [0.1, 0.15) is 32.7 Å². The van der Waals surface area contributed by atoms with Gasteiger partial charge in [0.15, 0.2) is 5.13 Å². The molecule has 0 saturated carbocycles. The molecule has 160 valence electrons. The summed E-state index contributed by atoms with van der Waals surface area (Å²) in [5.74, 6) is -1.12. The maximum atomic E-state index is 13.3. The predicted octanol–water partition coefficient (Wildman–Crippen LogP) is 3.54. The second-order valence-electron chi connectivity index (χ2n) is 7.78. The number of morpholine rings is 1. The minimum atomic E-state index is -1.10. The second-order valence-corrected chi connectivity index (χ2v) is 8.76. The molecular weight excluding hydrogens is 418 g/mol. The van der Waals surface area contributed by atoms with E-state index < -0.39 is 11.9 Å². The lowest BCUT2D eigenvalue weighted by molar-refractivity contribution is 0.0103. The molecule has 2 saturated heterocycles. The number of fused-ring (bicyclic) bond motifs is 3. The molecule has 5 rings (SSSR count). The summed E-state index contributed by atoms with van der Waals surface area (Å²) in [5.41, 5.74) is 2.13. The Morgan fingerprint density at radius 3 is 2.71 bits per heavy atom. The van der Waals surface area contributed by atoms with Gasteiger partial charge in [0.2, 0.25) is 0 Å². The maximum absolute atomic E-state index is 13.3. The Hall–Kier alpha value is -3.17. The van der Waals surface area contributed by atoms with Crippen LogP contribution in [0.25, 0.3) is 10.2 Å². The largest absolute Gasteiger partial charge is 0.496 e. The van der Waals surface area contributed by atoms with E-state index in [2.05, 4.69) is 10.2 Å². The van der Waals surface area contributed by atoms with Crippen molar-refractivity contribution in [2.75, 3.05) is 30.5 Å². The summed E-state index contributed by atoms with van der Waals surface area (Å²) in [6.45, 7) is 3.18. The van der Waals surface area contributed by atoms with Crippen LogP contribution in [-0.4, -0.2) is 54.4 Å². The lowest BCUT2D eigenvalue weighted by Gasteiger charge is -2.52. The normalized spacial score (nSPS) is 19.7. The number of aryl methyl sites for hydroxylation is 1. The Morgan fingerprint density at radius 1 is 1.26 bits per heavy atom. The highest BCUT2D eigenvalue weighted by molar-refractivity contribution is 7.22. The molecule has 2 N–H and O–H groups in total. The minimum Gasteiger partial charge on any atom is -0.496 e. The molecule has 3 aromatic rings. The number of anilines is 2. The Morgan fingerprint density at radius 2 is 2.03 bits per heavy atom. The number of aromatic carboxylic acids is 1. The molecule has 31 heavy (non-hydrogen) atoms. The van der Waals surface area contributed by atoms with Crippen LogP contribution in [0.2, 0.25) is 0 Å². The zero-order chi connectivity index (χ0) is 21.7. The van der Waals surface area contributed by atoms with Gasteiger partial charge in [-0.1, -0.05) is 23.0 Å². The first kappa shape index (κ1) is 19.8. The number of ether oxygens (including phenoxy) is 2. The van der Waals surface area contributed by atoms with Crippen LogP contribution in [0.15, 0.2) is 30.3 Å². The number of thiazole rings is 1. The number of carboxylic acid groups (broad SMARTS) is 1. The molecule has 2 atom stereocenters. The van der Waals surface area contributed by atoms with Crippen molar-refractivity contribution >= 4 is 44.2 Å². The van der Waals surface area contributed by atoms with Crippen molar-refractivity contribution in [3.8, 4) is 5.75 Å². The highest BCUT2D eigenvalue weighted by atomic mass is 32.1. The molecule has 1 aromatic heterocycles. The van der Waals surface area contributed by atoms with Gasteiger partial charge in [0.1, 0.15) is 11.3 Å². The fourth-order valence-corrected chi connectivity index (χ4v) is 5.48. The summed E-state index contributed by atoms with van der Waals surface area (Å²) in [6, 6.07) is 9.09. The molecular formula is C22H21N3O5S. The Kier molecular flexibility index (Phi) is 4.79. The van der Waals surface area contributed by atoms with Crippen LogP contribution in [0.3, 0.4) is 0 Å². The van der Waals surface area contributed by atoms with Crippen molar-refractivity contribution in [2.24, 2.45) is 0 Å². The third-order valence-electron chi connectivity index (χ3n) is 5.78. The molecule has 2 aromatic carbocycles. The number of hydrogen-bond donors (Lipinski definition) is 2. The molecule has 2 bridgehead atoms. The van der Waals surface area contributed by atoms with E-state index in [9.17, 15) is 14.7 Å². The molecule has 3 heterocycles. The van der Waals surface area contributed by atoms with Crippen molar-refractivity contribution in [1.82, 2.24) is 4.98 Å². The summed E-state index contributed by atoms with van der Waals surface area (Å²) in [5, 5.41) is 13.1. The van der Waals surface area contributed by atoms with Crippen LogP contribution in [0.4, 0.5) is 10.8 Å². The molecule has 0 radical (unpaired) electrons. The molecule has 9 heteroatoms. The van der Waals surface area contributed by atoms with E-state index in [1.54, 1.807) is 25.1 Å². The van der Waals surface area contributed by atoms with Gasteiger partial charge in [-0.05, 0) is 37.6 Å². The van der Waals surface area contributed by atoms with Crippen LogP contribution >= 0.6 is 11.3 Å². The third kappa shape index (κ3) is 3.30.